The van der Waals surface area contributed by atoms with Crippen LogP contribution in [0.3, 0.4) is 0 Å². The number of rotatable bonds is 6. The zero-order valence-electron chi connectivity index (χ0n) is 10.5. The van der Waals surface area contributed by atoms with E-state index in [0.29, 0.717) is 6.54 Å². The number of nitrogens with one attached hydrogen (secondary N) is 1. The largest absolute Gasteiger partial charge is 0.480 e. The van der Waals surface area contributed by atoms with Gasteiger partial charge in [0.25, 0.3) is 0 Å². The molecule has 0 saturated carbocycles. The van der Waals surface area contributed by atoms with Crippen LogP contribution in [0.4, 0.5) is 4.79 Å². The second-order valence-corrected chi connectivity index (χ2v) is 5.31. The lowest BCUT2D eigenvalue weighted by Crippen LogP contribution is -2.46. The zero-order chi connectivity index (χ0) is 13.5. The van der Waals surface area contributed by atoms with Crippen molar-refractivity contribution in [3.05, 3.63) is 0 Å². The van der Waals surface area contributed by atoms with Gasteiger partial charge >= 0.3 is 12.0 Å². The zero-order valence-corrected chi connectivity index (χ0v) is 11.3. The molecule has 0 aromatic heterocycles. The van der Waals surface area contributed by atoms with Gasteiger partial charge in [-0.3, -0.25) is 0 Å². The number of carboxylic acids is 1. The minimum Gasteiger partial charge on any atom is -0.480 e. The lowest BCUT2D eigenvalue weighted by Gasteiger charge is -2.21. The maximum absolute atomic E-state index is 11.8. The second-order valence-electron chi connectivity index (χ2n) is 4.33. The molecule has 2 atom stereocenters. The number of nitrogens with zero attached hydrogens (tertiary/aromatic N) is 1. The van der Waals surface area contributed by atoms with Crippen molar-refractivity contribution in [1.82, 2.24) is 10.2 Å². The molecular formula is C11H20N2O4S. The van der Waals surface area contributed by atoms with Crippen LogP contribution >= 0.6 is 11.8 Å². The van der Waals surface area contributed by atoms with Crippen molar-refractivity contribution in [2.75, 3.05) is 25.1 Å². The number of hydrogen-bond acceptors (Lipinski definition) is 4. The molecule has 1 aliphatic rings. The van der Waals surface area contributed by atoms with Gasteiger partial charge in [-0.05, 0) is 24.9 Å². The van der Waals surface area contributed by atoms with Gasteiger partial charge in [-0.25, -0.2) is 9.59 Å². The summed E-state index contributed by atoms with van der Waals surface area (Å²) in [6.45, 7) is 0.631. The minimum absolute atomic E-state index is 0.0909. The Morgan fingerprint density at radius 2 is 2.17 bits per heavy atom. The van der Waals surface area contributed by atoms with E-state index < -0.39 is 24.1 Å². The molecule has 1 aliphatic heterocycles. The maximum Gasteiger partial charge on any atom is 0.326 e. The van der Waals surface area contributed by atoms with Crippen LogP contribution in [0, 0.1) is 0 Å². The number of aliphatic hydroxyl groups excluding tert-OH is 1. The van der Waals surface area contributed by atoms with E-state index >= 15 is 0 Å². The monoisotopic (exact) mass is 276 g/mol. The number of aliphatic carboxylic acids is 1. The first-order valence-corrected chi connectivity index (χ1v) is 7.40. The van der Waals surface area contributed by atoms with Crippen LogP contribution in [-0.4, -0.2) is 64.4 Å². The van der Waals surface area contributed by atoms with E-state index in [1.54, 1.807) is 11.8 Å². The van der Waals surface area contributed by atoms with E-state index in [4.69, 9.17) is 5.11 Å². The summed E-state index contributed by atoms with van der Waals surface area (Å²) >= 11 is 1.76. The minimum atomic E-state index is -1.07. The smallest absolute Gasteiger partial charge is 0.326 e. The van der Waals surface area contributed by atoms with Crippen LogP contribution in [0.1, 0.15) is 19.3 Å². The van der Waals surface area contributed by atoms with Crippen LogP contribution in [0.2, 0.25) is 0 Å². The van der Waals surface area contributed by atoms with Gasteiger partial charge in [-0.2, -0.15) is 11.8 Å². The average Bonchev–Trinajstić information content (AvgIpc) is 2.71. The molecule has 1 unspecified atom stereocenters. The van der Waals surface area contributed by atoms with Gasteiger partial charge in [0.1, 0.15) is 6.04 Å². The fourth-order valence-electron chi connectivity index (χ4n) is 1.94. The number of carbonyl (C=O) groups excluding carboxylic acids is 1. The summed E-state index contributed by atoms with van der Waals surface area (Å²) < 4.78 is 0. The van der Waals surface area contributed by atoms with Crippen LogP contribution in [0.15, 0.2) is 0 Å². The SMILES string of the molecule is CSCCCCNC(=O)N1CC(O)C[C@H]1C(=O)O. The molecule has 1 heterocycles. The molecule has 18 heavy (non-hydrogen) atoms. The normalized spacial score (nSPS) is 23.1. The van der Waals surface area contributed by atoms with Gasteiger partial charge < -0.3 is 20.4 Å². The molecule has 1 fully saturated rings. The third-order valence-electron chi connectivity index (χ3n) is 2.88. The first kappa shape index (κ1) is 15.1. The molecular weight excluding hydrogens is 256 g/mol. The number of β-amino-alcohol motifs (C(OH)–C–C–N with tert-alkyl or cyclic N) is 1. The number of aliphatic hydroxyl groups is 1. The molecule has 3 N–H and O–H groups in total. The Bertz CT molecular complexity index is 301. The molecule has 0 aromatic rings. The van der Waals surface area contributed by atoms with Gasteiger partial charge in [0, 0.05) is 19.5 Å². The summed E-state index contributed by atoms with van der Waals surface area (Å²) in [6.07, 6.45) is 3.29. The fourth-order valence-corrected chi connectivity index (χ4v) is 2.43. The van der Waals surface area contributed by atoms with E-state index in [-0.39, 0.29) is 13.0 Å². The number of hydrogen-bond donors (Lipinski definition) is 3. The first-order chi connectivity index (χ1) is 8.56. The number of thioether (sulfide) groups is 1. The highest BCUT2D eigenvalue weighted by atomic mass is 32.2. The maximum atomic E-state index is 11.8. The number of unbranched alkanes of at least 4 members (excludes halogenated alkanes) is 1. The van der Waals surface area contributed by atoms with Crippen molar-refractivity contribution < 1.29 is 19.8 Å². The van der Waals surface area contributed by atoms with Crippen molar-refractivity contribution in [2.24, 2.45) is 0 Å². The Morgan fingerprint density at radius 1 is 1.44 bits per heavy atom. The van der Waals surface area contributed by atoms with E-state index in [1.165, 1.54) is 4.90 Å². The first-order valence-electron chi connectivity index (χ1n) is 6.00. The van der Waals surface area contributed by atoms with Gasteiger partial charge in [-0.1, -0.05) is 0 Å². The highest BCUT2D eigenvalue weighted by Gasteiger charge is 2.38. The molecule has 1 saturated heterocycles. The third kappa shape index (κ3) is 4.38. The van der Waals surface area contributed by atoms with Gasteiger partial charge in [0.05, 0.1) is 6.10 Å². The predicted molar refractivity (Wildman–Crippen MR) is 69.8 cm³/mol. The molecule has 0 bridgehead atoms. The Labute approximate surface area is 111 Å². The van der Waals surface area contributed by atoms with Crippen molar-refractivity contribution in [3.63, 3.8) is 0 Å². The molecule has 0 aliphatic carbocycles. The number of carboxylic acid groups (broad SMARTS) is 1. The van der Waals surface area contributed by atoms with Crippen LogP contribution in [0.5, 0.6) is 0 Å². The lowest BCUT2D eigenvalue weighted by atomic mass is 10.2. The van der Waals surface area contributed by atoms with Crippen molar-refractivity contribution >= 4 is 23.8 Å². The topological polar surface area (TPSA) is 89.9 Å². The summed E-state index contributed by atoms with van der Waals surface area (Å²) in [5.74, 6) is -0.0140. The quantitative estimate of drug-likeness (QED) is 0.609. The highest BCUT2D eigenvalue weighted by molar-refractivity contribution is 7.98. The molecule has 0 spiro atoms. The summed E-state index contributed by atoms with van der Waals surface area (Å²) in [5.41, 5.74) is 0. The number of carbonyl (C=O) groups is 2. The molecule has 104 valence electrons. The summed E-state index contributed by atoms with van der Waals surface area (Å²) in [6, 6.07) is -1.31. The Balaban J connectivity index is 2.33. The second kappa shape index (κ2) is 7.48. The number of amides is 2. The number of urea groups is 1. The summed E-state index contributed by atoms with van der Waals surface area (Å²) in [4.78, 5) is 23.9. The van der Waals surface area contributed by atoms with Crippen molar-refractivity contribution in [1.29, 1.82) is 0 Å². The van der Waals surface area contributed by atoms with Crippen LogP contribution < -0.4 is 5.32 Å². The van der Waals surface area contributed by atoms with Gasteiger partial charge in [-0.15, -0.1) is 0 Å². The Hall–Kier alpha value is -0.950. The predicted octanol–water partition coefficient (Wildman–Crippen LogP) is 0.359. The van der Waals surface area contributed by atoms with E-state index in [0.717, 1.165) is 18.6 Å². The molecule has 2 amide bonds. The molecule has 0 radical (unpaired) electrons. The van der Waals surface area contributed by atoms with Crippen LogP contribution in [0.25, 0.3) is 0 Å². The summed E-state index contributed by atoms with van der Waals surface area (Å²) in [5, 5.41) is 21.1. The lowest BCUT2D eigenvalue weighted by molar-refractivity contribution is -0.141. The van der Waals surface area contributed by atoms with E-state index in [9.17, 15) is 14.7 Å². The molecule has 1 rings (SSSR count). The van der Waals surface area contributed by atoms with Gasteiger partial charge in [0.15, 0.2) is 0 Å². The summed E-state index contributed by atoms with van der Waals surface area (Å²) in [7, 11) is 0. The van der Waals surface area contributed by atoms with Crippen molar-refractivity contribution in [2.45, 2.75) is 31.4 Å². The highest BCUT2D eigenvalue weighted by Crippen LogP contribution is 2.18. The Morgan fingerprint density at radius 3 is 2.78 bits per heavy atom. The van der Waals surface area contributed by atoms with E-state index in [2.05, 4.69) is 5.32 Å². The average molecular weight is 276 g/mol. The van der Waals surface area contributed by atoms with E-state index in [1.807, 2.05) is 6.26 Å². The Kier molecular flexibility index (Phi) is 6.28. The molecule has 7 heteroatoms. The number of likely N-dealkylation sites (tertiary alicyclic amines) is 1. The van der Waals surface area contributed by atoms with Gasteiger partial charge in [0.2, 0.25) is 0 Å². The molecule has 0 aromatic carbocycles. The molecule has 6 nitrogen and oxygen atoms in total. The third-order valence-corrected chi connectivity index (χ3v) is 3.57. The standard InChI is InChI=1S/C11H20N2O4S/c1-18-5-3-2-4-12-11(17)13-7-8(14)6-9(13)10(15)16/h8-9,14H,2-7H2,1H3,(H,12,17)(H,15,16)/t8?,9-/m0/s1. The van der Waals surface area contributed by atoms with Crippen molar-refractivity contribution in [3.8, 4) is 0 Å². The fraction of sp³-hybridized carbons (Fsp3) is 0.818. The van der Waals surface area contributed by atoms with Crippen LogP contribution in [-0.2, 0) is 4.79 Å².